The Morgan fingerprint density at radius 1 is 1.15 bits per heavy atom. The highest BCUT2D eigenvalue weighted by atomic mass is 32.2. The van der Waals surface area contributed by atoms with Crippen molar-refractivity contribution in [3.8, 4) is 0 Å². The van der Waals surface area contributed by atoms with Gasteiger partial charge in [-0.15, -0.1) is 0 Å². The molecule has 1 saturated heterocycles. The first-order valence-electron chi connectivity index (χ1n) is 8.17. The Hall–Kier alpha value is -2.58. The predicted molar refractivity (Wildman–Crippen MR) is 98.4 cm³/mol. The quantitative estimate of drug-likeness (QED) is 0.831. The number of hydrogen-bond donors (Lipinski definition) is 2. The normalized spacial score (nSPS) is 14.9. The van der Waals surface area contributed by atoms with E-state index in [2.05, 4.69) is 4.72 Å². The third kappa shape index (κ3) is 3.81. The van der Waals surface area contributed by atoms with Crippen molar-refractivity contribution in [2.75, 3.05) is 35.9 Å². The number of anilines is 2. The summed E-state index contributed by atoms with van der Waals surface area (Å²) in [6.07, 6.45) is 0. The molecule has 0 saturated carbocycles. The van der Waals surface area contributed by atoms with E-state index in [4.69, 9.17) is 4.74 Å². The molecule has 2 aromatic rings. The molecule has 138 valence electrons. The van der Waals surface area contributed by atoms with Gasteiger partial charge < -0.3 is 14.7 Å². The second-order valence-electron chi connectivity index (χ2n) is 6.01. The monoisotopic (exact) mass is 376 g/mol. The minimum atomic E-state index is -3.80. The van der Waals surface area contributed by atoms with Gasteiger partial charge in [-0.3, -0.25) is 4.72 Å². The van der Waals surface area contributed by atoms with Crippen LogP contribution in [0.3, 0.4) is 0 Å². The molecule has 3 rings (SSSR count). The van der Waals surface area contributed by atoms with Crippen molar-refractivity contribution in [1.29, 1.82) is 0 Å². The molecule has 0 atom stereocenters. The third-order valence-electron chi connectivity index (χ3n) is 4.21. The van der Waals surface area contributed by atoms with Crippen LogP contribution in [-0.2, 0) is 14.8 Å². The zero-order chi connectivity index (χ0) is 18.7. The molecule has 2 N–H and O–H groups in total. The van der Waals surface area contributed by atoms with Crippen molar-refractivity contribution < 1.29 is 23.1 Å². The van der Waals surface area contributed by atoms with Crippen LogP contribution < -0.4 is 9.62 Å². The molecule has 0 amide bonds. The van der Waals surface area contributed by atoms with Gasteiger partial charge in [0.1, 0.15) is 0 Å². The standard InChI is InChI=1S/C18H20N2O5S/c1-13-4-2-3-5-17(13)26(23,24)19-14-6-7-16(15(12-14)18(21)22)20-8-10-25-11-9-20/h2-7,12,19H,8-11H2,1H3,(H,21,22). The molecule has 0 aliphatic carbocycles. The first-order chi connectivity index (χ1) is 12.4. The second-order valence-corrected chi connectivity index (χ2v) is 7.66. The number of nitrogens with one attached hydrogen (secondary N) is 1. The predicted octanol–water partition coefficient (Wildman–Crippen LogP) is 2.33. The topological polar surface area (TPSA) is 95.9 Å². The van der Waals surface area contributed by atoms with Crippen LogP contribution in [0.15, 0.2) is 47.4 Å². The summed E-state index contributed by atoms with van der Waals surface area (Å²) in [7, 11) is -3.80. The molecule has 0 radical (unpaired) electrons. The first-order valence-corrected chi connectivity index (χ1v) is 9.65. The van der Waals surface area contributed by atoms with E-state index >= 15 is 0 Å². The van der Waals surface area contributed by atoms with E-state index in [1.807, 2.05) is 4.90 Å². The van der Waals surface area contributed by atoms with Crippen molar-refractivity contribution in [1.82, 2.24) is 0 Å². The van der Waals surface area contributed by atoms with Gasteiger partial charge >= 0.3 is 5.97 Å². The number of carboxylic acids is 1. The maximum absolute atomic E-state index is 12.6. The van der Waals surface area contributed by atoms with Gasteiger partial charge in [0.05, 0.1) is 29.4 Å². The molecule has 1 aliphatic rings. The average Bonchev–Trinajstić information content (AvgIpc) is 2.62. The molecular weight excluding hydrogens is 356 g/mol. The number of morpholine rings is 1. The van der Waals surface area contributed by atoms with Crippen LogP contribution in [0, 0.1) is 6.92 Å². The summed E-state index contributed by atoms with van der Waals surface area (Å²) in [4.78, 5) is 13.8. The lowest BCUT2D eigenvalue weighted by atomic mass is 10.1. The molecule has 0 spiro atoms. The fourth-order valence-electron chi connectivity index (χ4n) is 2.92. The van der Waals surface area contributed by atoms with Gasteiger partial charge in [0, 0.05) is 18.8 Å². The molecule has 7 nitrogen and oxygen atoms in total. The number of carbonyl (C=O) groups is 1. The number of ether oxygens (including phenoxy) is 1. The molecule has 1 aliphatic heterocycles. The molecule has 8 heteroatoms. The second kappa shape index (κ2) is 7.35. The maximum atomic E-state index is 12.6. The average molecular weight is 376 g/mol. The minimum absolute atomic E-state index is 0.0527. The van der Waals surface area contributed by atoms with Crippen molar-refractivity contribution in [3.63, 3.8) is 0 Å². The summed E-state index contributed by atoms with van der Waals surface area (Å²) < 4.78 is 33.0. The van der Waals surface area contributed by atoms with E-state index < -0.39 is 16.0 Å². The molecule has 0 aromatic heterocycles. The van der Waals surface area contributed by atoms with Crippen molar-refractivity contribution in [2.45, 2.75) is 11.8 Å². The van der Waals surface area contributed by atoms with Crippen molar-refractivity contribution >= 4 is 27.4 Å². The van der Waals surface area contributed by atoms with Crippen LogP contribution in [0.5, 0.6) is 0 Å². The first kappa shape index (κ1) is 18.2. The number of aromatic carboxylic acids is 1. The number of hydrogen-bond acceptors (Lipinski definition) is 5. The molecule has 0 bridgehead atoms. The number of aryl methyl sites for hydroxylation is 1. The molecule has 1 fully saturated rings. The minimum Gasteiger partial charge on any atom is -0.478 e. The lowest BCUT2D eigenvalue weighted by molar-refractivity contribution is 0.0696. The van der Waals surface area contributed by atoms with Crippen LogP contribution in [-0.4, -0.2) is 45.8 Å². The van der Waals surface area contributed by atoms with E-state index in [1.165, 1.54) is 12.1 Å². The van der Waals surface area contributed by atoms with Crippen molar-refractivity contribution in [3.05, 3.63) is 53.6 Å². The maximum Gasteiger partial charge on any atom is 0.337 e. The lowest BCUT2D eigenvalue weighted by Gasteiger charge is -2.30. The highest BCUT2D eigenvalue weighted by Crippen LogP contribution is 2.27. The fourth-order valence-corrected chi connectivity index (χ4v) is 4.22. The molecular formula is C18H20N2O5S. The van der Waals surface area contributed by atoms with Crippen LogP contribution in [0.25, 0.3) is 0 Å². The van der Waals surface area contributed by atoms with E-state index in [0.29, 0.717) is 37.6 Å². The van der Waals surface area contributed by atoms with Crippen LogP contribution >= 0.6 is 0 Å². The van der Waals surface area contributed by atoms with Crippen LogP contribution in [0.4, 0.5) is 11.4 Å². The summed E-state index contributed by atoms with van der Waals surface area (Å²) in [5, 5.41) is 9.55. The number of carboxylic acid groups (broad SMARTS) is 1. The Bertz CT molecular complexity index is 921. The Balaban J connectivity index is 1.93. The Kier molecular flexibility index (Phi) is 5.15. The highest BCUT2D eigenvalue weighted by Gasteiger charge is 2.21. The van der Waals surface area contributed by atoms with E-state index in [-0.39, 0.29) is 16.1 Å². The lowest BCUT2D eigenvalue weighted by Crippen LogP contribution is -2.37. The molecule has 2 aromatic carbocycles. The van der Waals surface area contributed by atoms with Gasteiger partial charge in [0.25, 0.3) is 10.0 Å². The summed E-state index contributed by atoms with van der Waals surface area (Å²) in [5.41, 5.74) is 1.43. The summed E-state index contributed by atoms with van der Waals surface area (Å²) in [5.74, 6) is -1.11. The third-order valence-corrected chi connectivity index (χ3v) is 5.76. The van der Waals surface area contributed by atoms with Gasteiger partial charge in [0.2, 0.25) is 0 Å². The van der Waals surface area contributed by atoms with Gasteiger partial charge in [-0.1, -0.05) is 18.2 Å². The largest absolute Gasteiger partial charge is 0.478 e. The number of benzene rings is 2. The molecule has 26 heavy (non-hydrogen) atoms. The number of rotatable bonds is 5. The molecule has 1 heterocycles. The number of sulfonamides is 1. The van der Waals surface area contributed by atoms with Gasteiger partial charge in [-0.05, 0) is 36.8 Å². The van der Waals surface area contributed by atoms with Crippen LogP contribution in [0.2, 0.25) is 0 Å². The van der Waals surface area contributed by atoms with Crippen LogP contribution in [0.1, 0.15) is 15.9 Å². The van der Waals surface area contributed by atoms with E-state index in [1.54, 1.807) is 37.3 Å². The SMILES string of the molecule is Cc1ccccc1S(=O)(=O)Nc1ccc(N2CCOCC2)c(C(=O)O)c1. The fraction of sp³-hybridized carbons (Fsp3) is 0.278. The zero-order valence-corrected chi connectivity index (χ0v) is 15.1. The summed E-state index contributed by atoms with van der Waals surface area (Å²) in [6, 6.07) is 11.2. The Morgan fingerprint density at radius 2 is 1.85 bits per heavy atom. The van der Waals surface area contributed by atoms with E-state index in [0.717, 1.165) is 0 Å². The Morgan fingerprint density at radius 3 is 2.50 bits per heavy atom. The zero-order valence-electron chi connectivity index (χ0n) is 14.3. The molecule has 0 unspecified atom stereocenters. The Labute approximate surface area is 152 Å². The highest BCUT2D eigenvalue weighted by molar-refractivity contribution is 7.92. The van der Waals surface area contributed by atoms with Gasteiger partial charge in [-0.2, -0.15) is 0 Å². The van der Waals surface area contributed by atoms with E-state index in [9.17, 15) is 18.3 Å². The summed E-state index contributed by atoms with van der Waals surface area (Å²) in [6.45, 7) is 3.95. The van der Waals surface area contributed by atoms with Gasteiger partial charge in [-0.25, -0.2) is 13.2 Å². The summed E-state index contributed by atoms with van der Waals surface area (Å²) >= 11 is 0. The smallest absolute Gasteiger partial charge is 0.337 e. The van der Waals surface area contributed by atoms with Gasteiger partial charge in [0.15, 0.2) is 0 Å². The number of nitrogens with zero attached hydrogens (tertiary/aromatic N) is 1. The van der Waals surface area contributed by atoms with Crippen molar-refractivity contribution in [2.24, 2.45) is 0 Å².